The van der Waals surface area contributed by atoms with E-state index in [9.17, 15) is 14.0 Å². The highest BCUT2D eigenvalue weighted by Gasteiger charge is 2.33. The van der Waals surface area contributed by atoms with Crippen LogP contribution in [0.4, 0.5) is 4.39 Å². The molecule has 0 radical (unpaired) electrons. The number of hydrogen-bond donors (Lipinski definition) is 1. The van der Waals surface area contributed by atoms with Gasteiger partial charge in [0.25, 0.3) is 0 Å². The molecule has 1 saturated heterocycles. The number of halogens is 1. The Morgan fingerprint density at radius 1 is 1.33 bits per heavy atom. The van der Waals surface area contributed by atoms with Gasteiger partial charge in [-0.25, -0.2) is 4.39 Å². The van der Waals surface area contributed by atoms with E-state index in [2.05, 4.69) is 5.32 Å². The van der Waals surface area contributed by atoms with Crippen LogP contribution in [0.25, 0.3) is 0 Å². The van der Waals surface area contributed by atoms with Crippen molar-refractivity contribution in [2.75, 3.05) is 26.7 Å². The number of benzene rings is 1. The average molecular weight is 293 g/mol. The summed E-state index contributed by atoms with van der Waals surface area (Å²) in [5.41, 5.74) is 0.558. The number of hydrogen-bond acceptors (Lipinski definition) is 3. The lowest BCUT2D eigenvalue weighted by Gasteiger charge is -2.40. The lowest BCUT2D eigenvalue weighted by atomic mass is 10.1. The van der Waals surface area contributed by atoms with Gasteiger partial charge in [0, 0.05) is 45.7 Å². The molecule has 0 aliphatic carbocycles. The Morgan fingerprint density at radius 2 is 2.05 bits per heavy atom. The molecule has 2 rings (SSSR count). The normalized spacial score (nSPS) is 19.4. The van der Waals surface area contributed by atoms with Crippen LogP contribution in [-0.4, -0.2) is 54.3 Å². The topological polar surface area (TPSA) is 52.7 Å². The molecule has 0 saturated carbocycles. The molecule has 1 aliphatic rings. The maximum atomic E-state index is 13.8. The molecule has 0 bridgehead atoms. The van der Waals surface area contributed by atoms with Gasteiger partial charge in [0.1, 0.15) is 11.9 Å². The summed E-state index contributed by atoms with van der Waals surface area (Å²) in [6, 6.07) is 6.10. The van der Waals surface area contributed by atoms with Gasteiger partial charge in [-0.3, -0.25) is 14.5 Å². The van der Waals surface area contributed by atoms with Crippen LogP contribution in [0, 0.1) is 5.82 Å². The van der Waals surface area contributed by atoms with Crippen molar-refractivity contribution < 1.29 is 14.0 Å². The number of likely N-dealkylation sites (N-methyl/N-ethyl adjacent to an activating group) is 1. The van der Waals surface area contributed by atoms with Crippen LogP contribution in [0.1, 0.15) is 12.5 Å². The summed E-state index contributed by atoms with van der Waals surface area (Å²) in [5, 5.41) is 2.61. The van der Waals surface area contributed by atoms with Gasteiger partial charge in [0.2, 0.25) is 11.8 Å². The minimum absolute atomic E-state index is 0.0468. The molecule has 1 aromatic rings. The van der Waals surface area contributed by atoms with E-state index in [0.717, 1.165) is 0 Å². The minimum atomic E-state index is -0.452. The zero-order valence-electron chi connectivity index (χ0n) is 12.3. The van der Waals surface area contributed by atoms with Crippen LogP contribution in [0.5, 0.6) is 0 Å². The van der Waals surface area contributed by atoms with Crippen molar-refractivity contribution in [3.05, 3.63) is 35.6 Å². The second-order valence-electron chi connectivity index (χ2n) is 5.16. The maximum Gasteiger partial charge on any atom is 0.238 e. The quantitative estimate of drug-likeness (QED) is 0.888. The third-order valence-electron chi connectivity index (χ3n) is 3.82. The predicted octanol–water partition coefficient (Wildman–Crippen LogP) is 0.604. The zero-order valence-corrected chi connectivity index (χ0v) is 12.3. The first-order valence-corrected chi connectivity index (χ1v) is 6.97. The standard InChI is InChI=1S/C15H20FN3O2/c1-11(20)18-7-8-19(14(10-18)15(21)17-2)9-12-5-3-4-6-13(12)16/h3-6,14H,7-10H2,1-2H3,(H,17,21)/t14-/m1/s1. The Bertz CT molecular complexity index is 535. The Morgan fingerprint density at radius 3 is 2.67 bits per heavy atom. The van der Waals surface area contributed by atoms with Crippen molar-refractivity contribution in [2.45, 2.75) is 19.5 Å². The lowest BCUT2D eigenvalue weighted by Crippen LogP contribution is -2.59. The van der Waals surface area contributed by atoms with Gasteiger partial charge >= 0.3 is 0 Å². The third kappa shape index (κ3) is 3.58. The Labute approximate surface area is 123 Å². The molecule has 0 unspecified atom stereocenters. The highest BCUT2D eigenvalue weighted by molar-refractivity contribution is 5.83. The van der Waals surface area contributed by atoms with Crippen molar-refractivity contribution in [3.63, 3.8) is 0 Å². The van der Waals surface area contributed by atoms with Crippen LogP contribution in [0.15, 0.2) is 24.3 Å². The first-order chi connectivity index (χ1) is 10.0. The van der Waals surface area contributed by atoms with Crippen LogP contribution in [0.3, 0.4) is 0 Å². The molecule has 0 aromatic heterocycles. The summed E-state index contributed by atoms with van der Waals surface area (Å²) >= 11 is 0. The number of nitrogens with one attached hydrogen (secondary N) is 1. The summed E-state index contributed by atoms with van der Waals surface area (Å²) in [6.45, 7) is 3.29. The van der Waals surface area contributed by atoms with Crippen LogP contribution >= 0.6 is 0 Å². The third-order valence-corrected chi connectivity index (χ3v) is 3.82. The molecule has 1 atom stereocenters. The van der Waals surface area contributed by atoms with Crippen LogP contribution in [0.2, 0.25) is 0 Å². The van der Waals surface area contributed by atoms with Crippen molar-refractivity contribution in [2.24, 2.45) is 0 Å². The number of amides is 2. The van der Waals surface area contributed by atoms with Crippen LogP contribution in [-0.2, 0) is 16.1 Å². The predicted molar refractivity (Wildman–Crippen MR) is 76.9 cm³/mol. The van der Waals surface area contributed by atoms with Gasteiger partial charge in [-0.2, -0.15) is 0 Å². The molecule has 5 nitrogen and oxygen atoms in total. The van der Waals surface area contributed by atoms with E-state index in [1.165, 1.54) is 13.0 Å². The van der Waals surface area contributed by atoms with Gasteiger partial charge in [-0.05, 0) is 6.07 Å². The summed E-state index contributed by atoms with van der Waals surface area (Å²) in [6.07, 6.45) is 0. The van der Waals surface area contributed by atoms with E-state index in [1.54, 1.807) is 30.1 Å². The second kappa shape index (κ2) is 6.67. The Kier molecular flexibility index (Phi) is 4.90. The number of rotatable bonds is 3. The van der Waals surface area contributed by atoms with E-state index in [-0.39, 0.29) is 17.6 Å². The molecule has 1 N–H and O–H groups in total. The monoisotopic (exact) mass is 293 g/mol. The average Bonchev–Trinajstić information content (AvgIpc) is 2.49. The molecule has 1 heterocycles. The highest BCUT2D eigenvalue weighted by atomic mass is 19.1. The second-order valence-corrected chi connectivity index (χ2v) is 5.16. The molecule has 2 amide bonds. The molecule has 114 valence electrons. The van der Waals surface area contributed by atoms with Crippen molar-refractivity contribution in [1.82, 2.24) is 15.1 Å². The molecule has 1 aliphatic heterocycles. The highest BCUT2D eigenvalue weighted by Crippen LogP contribution is 2.16. The fraction of sp³-hybridized carbons (Fsp3) is 0.467. The van der Waals surface area contributed by atoms with E-state index >= 15 is 0 Å². The van der Waals surface area contributed by atoms with E-state index < -0.39 is 6.04 Å². The van der Waals surface area contributed by atoms with E-state index in [4.69, 9.17) is 0 Å². The SMILES string of the molecule is CNC(=O)[C@H]1CN(C(C)=O)CCN1Cc1ccccc1F. The first-order valence-electron chi connectivity index (χ1n) is 6.97. The van der Waals surface area contributed by atoms with Gasteiger partial charge in [0.05, 0.1) is 0 Å². The van der Waals surface area contributed by atoms with Crippen molar-refractivity contribution in [3.8, 4) is 0 Å². The fourth-order valence-corrected chi connectivity index (χ4v) is 2.56. The Balaban J connectivity index is 2.15. The number of nitrogens with zero attached hydrogens (tertiary/aromatic N) is 2. The van der Waals surface area contributed by atoms with Crippen molar-refractivity contribution >= 4 is 11.8 Å². The van der Waals surface area contributed by atoms with E-state index in [0.29, 0.717) is 31.7 Å². The summed E-state index contributed by atoms with van der Waals surface area (Å²) in [5.74, 6) is -0.478. The molecular weight excluding hydrogens is 273 g/mol. The largest absolute Gasteiger partial charge is 0.358 e. The summed E-state index contributed by atoms with van der Waals surface area (Å²) < 4.78 is 13.8. The zero-order chi connectivity index (χ0) is 15.4. The van der Waals surface area contributed by atoms with Crippen LogP contribution < -0.4 is 5.32 Å². The molecule has 1 aromatic carbocycles. The van der Waals surface area contributed by atoms with Gasteiger partial charge in [-0.1, -0.05) is 18.2 Å². The fourth-order valence-electron chi connectivity index (χ4n) is 2.56. The molecule has 6 heteroatoms. The van der Waals surface area contributed by atoms with Gasteiger partial charge < -0.3 is 10.2 Å². The number of carbonyl (C=O) groups is 2. The van der Waals surface area contributed by atoms with Gasteiger partial charge in [0.15, 0.2) is 0 Å². The molecular formula is C15H20FN3O2. The summed E-state index contributed by atoms with van der Waals surface area (Å²) in [4.78, 5) is 27.1. The lowest BCUT2D eigenvalue weighted by molar-refractivity contribution is -0.136. The van der Waals surface area contributed by atoms with Crippen molar-refractivity contribution in [1.29, 1.82) is 0 Å². The summed E-state index contributed by atoms with van der Waals surface area (Å²) in [7, 11) is 1.57. The van der Waals surface area contributed by atoms with E-state index in [1.807, 2.05) is 4.90 Å². The molecule has 0 spiro atoms. The smallest absolute Gasteiger partial charge is 0.238 e. The minimum Gasteiger partial charge on any atom is -0.358 e. The Hall–Kier alpha value is -1.95. The van der Waals surface area contributed by atoms with Gasteiger partial charge in [-0.15, -0.1) is 0 Å². The number of carbonyl (C=O) groups excluding carboxylic acids is 2. The maximum absolute atomic E-state index is 13.8. The molecule has 21 heavy (non-hydrogen) atoms. The number of piperazine rings is 1. The first kappa shape index (κ1) is 15.4. The molecule has 1 fully saturated rings.